The van der Waals surface area contributed by atoms with Gasteiger partial charge >= 0.3 is 0 Å². The van der Waals surface area contributed by atoms with Gasteiger partial charge in [0.05, 0.1) is 6.54 Å². The summed E-state index contributed by atoms with van der Waals surface area (Å²) in [5.41, 5.74) is 10.9. The maximum atomic E-state index is 12.3. The predicted octanol–water partition coefficient (Wildman–Crippen LogP) is 0.0853. The zero-order chi connectivity index (χ0) is 12.8. The summed E-state index contributed by atoms with van der Waals surface area (Å²) in [4.78, 5) is 24.7. The summed E-state index contributed by atoms with van der Waals surface area (Å²) in [5, 5.41) is 0. The van der Waals surface area contributed by atoms with Crippen LogP contribution in [0.2, 0.25) is 0 Å². The van der Waals surface area contributed by atoms with Crippen LogP contribution < -0.4 is 11.5 Å². The molecule has 0 radical (unpaired) electrons. The van der Waals surface area contributed by atoms with E-state index in [0.29, 0.717) is 13.1 Å². The summed E-state index contributed by atoms with van der Waals surface area (Å²) >= 11 is 0. The van der Waals surface area contributed by atoms with Crippen molar-refractivity contribution in [1.29, 1.82) is 0 Å². The fraction of sp³-hybridized carbons (Fsp3) is 0.833. The zero-order valence-electron chi connectivity index (χ0n) is 10.5. The van der Waals surface area contributed by atoms with Crippen LogP contribution in [0, 0.1) is 11.8 Å². The molecule has 1 fully saturated rings. The summed E-state index contributed by atoms with van der Waals surface area (Å²) in [5.74, 6) is -0.173. The van der Waals surface area contributed by atoms with Gasteiger partial charge in [-0.2, -0.15) is 0 Å². The highest BCUT2D eigenvalue weighted by atomic mass is 16.2. The molecule has 5 heteroatoms. The minimum Gasteiger partial charge on any atom is -0.368 e. The molecule has 0 aliphatic heterocycles. The van der Waals surface area contributed by atoms with Gasteiger partial charge in [0.1, 0.15) is 0 Å². The highest BCUT2D eigenvalue weighted by Gasteiger charge is 2.32. The van der Waals surface area contributed by atoms with Crippen molar-refractivity contribution in [2.75, 3.05) is 19.6 Å². The average molecular weight is 241 g/mol. The third-order valence-electron chi connectivity index (χ3n) is 3.57. The first-order valence-corrected chi connectivity index (χ1v) is 6.37. The molecule has 0 bridgehead atoms. The van der Waals surface area contributed by atoms with E-state index in [1.165, 1.54) is 0 Å². The van der Waals surface area contributed by atoms with E-state index in [-0.39, 0.29) is 24.3 Å². The molecule has 0 heterocycles. The first kappa shape index (κ1) is 14.0. The van der Waals surface area contributed by atoms with Gasteiger partial charge in [-0.1, -0.05) is 12.8 Å². The smallest absolute Gasteiger partial charge is 0.237 e. The molecule has 1 rings (SSSR count). The lowest BCUT2D eigenvalue weighted by atomic mass is 9.78. The van der Waals surface area contributed by atoms with Crippen LogP contribution in [0.3, 0.4) is 0 Å². The van der Waals surface area contributed by atoms with Gasteiger partial charge in [-0.15, -0.1) is 0 Å². The number of amides is 2. The van der Waals surface area contributed by atoms with E-state index in [4.69, 9.17) is 11.5 Å². The van der Waals surface area contributed by atoms with Crippen LogP contribution in [0.4, 0.5) is 0 Å². The number of carbonyl (C=O) groups excluding carboxylic acids is 2. The molecule has 2 atom stereocenters. The monoisotopic (exact) mass is 241 g/mol. The Bertz CT molecular complexity index is 281. The van der Waals surface area contributed by atoms with Crippen LogP contribution in [0.15, 0.2) is 0 Å². The largest absolute Gasteiger partial charge is 0.368 e. The Morgan fingerprint density at radius 3 is 2.47 bits per heavy atom. The fourth-order valence-electron chi connectivity index (χ4n) is 2.58. The second-order valence-corrected chi connectivity index (χ2v) is 4.71. The molecular formula is C12H23N3O2. The molecule has 2 amide bonds. The fourth-order valence-corrected chi connectivity index (χ4v) is 2.58. The molecule has 17 heavy (non-hydrogen) atoms. The molecule has 0 aromatic rings. The molecule has 0 saturated heterocycles. The maximum Gasteiger partial charge on any atom is 0.237 e. The maximum absolute atomic E-state index is 12.3. The lowest BCUT2D eigenvalue weighted by molar-refractivity contribution is -0.141. The van der Waals surface area contributed by atoms with E-state index in [1.807, 2.05) is 6.92 Å². The lowest BCUT2D eigenvalue weighted by Crippen LogP contribution is -2.45. The van der Waals surface area contributed by atoms with E-state index < -0.39 is 5.91 Å². The lowest BCUT2D eigenvalue weighted by Gasteiger charge is -2.33. The van der Waals surface area contributed by atoms with E-state index in [9.17, 15) is 9.59 Å². The molecule has 0 aromatic heterocycles. The van der Waals surface area contributed by atoms with Gasteiger partial charge in [-0.3, -0.25) is 9.59 Å². The van der Waals surface area contributed by atoms with Crippen molar-refractivity contribution in [1.82, 2.24) is 4.90 Å². The Morgan fingerprint density at radius 1 is 1.29 bits per heavy atom. The molecule has 4 N–H and O–H groups in total. The van der Waals surface area contributed by atoms with Gasteiger partial charge in [-0.25, -0.2) is 0 Å². The van der Waals surface area contributed by atoms with Crippen molar-refractivity contribution in [3.8, 4) is 0 Å². The van der Waals surface area contributed by atoms with Crippen molar-refractivity contribution >= 4 is 11.8 Å². The number of primary amides is 1. The molecule has 1 saturated carbocycles. The predicted molar refractivity (Wildman–Crippen MR) is 66.0 cm³/mol. The molecule has 98 valence electrons. The highest BCUT2D eigenvalue weighted by Crippen LogP contribution is 2.30. The summed E-state index contributed by atoms with van der Waals surface area (Å²) in [7, 11) is 0. The van der Waals surface area contributed by atoms with Crippen LogP contribution in [0.1, 0.15) is 32.6 Å². The van der Waals surface area contributed by atoms with Crippen molar-refractivity contribution in [3.63, 3.8) is 0 Å². The molecule has 2 unspecified atom stereocenters. The minimum absolute atomic E-state index is 0.0170. The van der Waals surface area contributed by atoms with Gasteiger partial charge in [-0.05, 0) is 32.2 Å². The highest BCUT2D eigenvalue weighted by molar-refractivity contribution is 5.85. The number of nitrogens with two attached hydrogens (primary N) is 2. The van der Waals surface area contributed by atoms with Gasteiger partial charge in [0, 0.05) is 12.5 Å². The SMILES string of the molecule is CCN(CC(N)=O)C(=O)C1CCCCC1CN. The van der Waals surface area contributed by atoms with E-state index in [0.717, 1.165) is 25.7 Å². The topological polar surface area (TPSA) is 89.4 Å². The van der Waals surface area contributed by atoms with E-state index in [2.05, 4.69) is 0 Å². The standard InChI is InChI=1S/C12H23N3O2/c1-2-15(8-11(14)16)12(17)10-6-4-3-5-9(10)7-13/h9-10H,2-8,13H2,1H3,(H2,14,16). The first-order chi connectivity index (χ1) is 8.10. The van der Waals surface area contributed by atoms with Crippen LogP contribution in [0.5, 0.6) is 0 Å². The van der Waals surface area contributed by atoms with Gasteiger partial charge in [0.2, 0.25) is 11.8 Å². The summed E-state index contributed by atoms with van der Waals surface area (Å²) in [6, 6.07) is 0. The second kappa shape index (κ2) is 6.59. The van der Waals surface area contributed by atoms with E-state index >= 15 is 0 Å². The first-order valence-electron chi connectivity index (χ1n) is 6.37. The summed E-state index contributed by atoms with van der Waals surface area (Å²) in [6.07, 6.45) is 4.12. The van der Waals surface area contributed by atoms with Crippen LogP contribution in [-0.4, -0.2) is 36.3 Å². The normalized spacial score (nSPS) is 24.4. The number of rotatable bonds is 5. The Hall–Kier alpha value is -1.10. The van der Waals surface area contributed by atoms with Gasteiger partial charge < -0.3 is 16.4 Å². The van der Waals surface area contributed by atoms with Crippen LogP contribution in [-0.2, 0) is 9.59 Å². The quantitative estimate of drug-likeness (QED) is 0.714. The Balaban J connectivity index is 2.67. The Kier molecular flexibility index (Phi) is 5.41. The molecule has 0 spiro atoms. The molecular weight excluding hydrogens is 218 g/mol. The van der Waals surface area contributed by atoms with Crippen molar-refractivity contribution in [3.05, 3.63) is 0 Å². The average Bonchev–Trinajstić information content (AvgIpc) is 2.34. The van der Waals surface area contributed by atoms with Crippen molar-refractivity contribution in [2.45, 2.75) is 32.6 Å². The minimum atomic E-state index is -0.458. The van der Waals surface area contributed by atoms with Gasteiger partial charge in [0.15, 0.2) is 0 Å². The number of likely N-dealkylation sites (N-methyl/N-ethyl adjacent to an activating group) is 1. The molecule has 5 nitrogen and oxygen atoms in total. The van der Waals surface area contributed by atoms with Gasteiger partial charge in [0.25, 0.3) is 0 Å². The number of carbonyl (C=O) groups is 2. The zero-order valence-corrected chi connectivity index (χ0v) is 10.5. The third kappa shape index (κ3) is 3.70. The number of nitrogens with zero attached hydrogens (tertiary/aromatic N) is 1. The number of hydrogen-bond acceptors (Lipinski definition) is 3. The van der Waals surface area contributed by atoms with Crippen LogP contribution in [0.25, 0.3) is 0 Å². The third-order valence-corrected chi connectivity index (χ3v) is 3.57. The molecule has 1 aliphatic carbocycles. The van der Waals surface area contributed by atoms with Crippen molar-refractivity contribution in [2.24, 2.45) is 23.3 Å². The van der Waals surface area contributed by atoms with Crippen molar-refractivity contribution < 1.29 is 9.59 Å². The molecule has 0 aromatic carbocycles. The van der Waals surface area contributed by atoms with E-state index in [1.54, 1.807) is 4.90 Å². The Labute approximate surface area is 103 Å². The molecule has 1 aliphatic rings. The van der Waals surface area contributed by atoms with Crippen LogP contribution >= 0.6 is 0 Å². The summed E-state index contributed by atoms with van der Waals surface area (Å²) in [6.45, 7) is 2.95. The second-order valence-electron chi connectivity index (χ2n) is 4.71. The summed E-state index contributed by atoms with van der Waals surface area (Å²) < 4.78 is 0. The Morgan fingerprint density at radius 2 is 1.94 bits per heavy atom. The number of hydrogen-bond donors (Lipinski definition) is 2.